The molecule has 0 atom stereocenters. The quantitative estimate of drug-likeness (QED) is 0.477. The lowest BCUT2D eigenvalue weighted by atomic mass is 10.1. The molecule has 0 aliphatic heterocycles. The number of ether oxygens (including phenoxy) is 1. The summed E-state index contributed by atoms with van der Waals surface area (Å²) in [5.74, 6) is -0.579. The Balaban J connectivity index is 1.50. The van der Waals surface area contributed by atoms with Crippen LogP contribution in [0.3, 0.4) is 0 Å². The van der Waals surface area contributed by atoms with Crippen molar-refractivity contribution in [2.75, 3.05) is 11.9 Å². The Morgan fingerprint density at radius 1 is 0.867 bits per heavy atom. The smallest absolute Gasteiger partial charge is 0.262 e. The van der Waals surface area contributed by atoms with Gasteiger partial charge in [-0.25, -0.2) is 0 Å². The van der Waals surface area contributed by atoms with Crippen molar-refractivity contribution in [2.24, 2.45) is 0 Å². The summed E-state index contributed by atoms with van der Waals surface area (Å²) >= 11 is 5.84. The van der Waals surface area contributed by atoms with E-state index in [1.807, 2.05) is 0 Å². The minimum atomic E-state index is -0.347. The van der Waals surface area contributed by atoms with E-state index in [9.17, 15) is 14.4 Å². The molecule has 30 heavy (non-hydrogen) atoms. The fourth-order valence-electron chi connectivity index (χ4n) is 3.16. The summed E-state index contributed by atoms with van der Waals surface area (Å²) in [7, 11) is 0. The molecule has 0 bridgehead atoms. The van der Waals surface area contributed by atoms with Crippen molar-refractivity contribution in [1.29, 1.82) is 0 Å². The molecular formula is C24H16ClNO4. The number of benzene rings is 3. The van der Waals surface area contributed by atoms with Gasteiger partial charge in [0.05, 0.1) is 5.57 Å². The van der Waals surface area contributed by atoms with Gasteiger partial charge in [0.2, 0.25) is 0 Å². The van der Waals surface area contributed by atoms with Crippen LogP contribution in [0.4, 0.5) is 5.69 Å². The van der Waals surface area contributed by atoms with Crippen molar-refractivity contribution in [3.8, 4) is 5.75 Å². The minimum Gasteiger partial charge on any atom is -0.483 e. The molecule has 0 heterocycles. The van der Waals surface area contributed by atoms with Gasteiger partial charge in [-0.05, 0) is 36.4 Å². The molecule has 1 aliphatic carbocycles. The number of amides is 1. The first kappa shape index (κ1) is 19.6. The average molecular weight is 418 g/mol. The van der Waals surface area contributed by atoms with Crippen molar-refractivity contribution < 1.29 is 19.1 Å². The van der Waals surface area contributed by atoms with Crippen LogP contribution in [-0.2, 0) is 4.79 Å². The van der Waals surface area contributed by atoms with Gasteiger partial charge in [-0.15, -0.1) is 0 Å². The third-order valence-electron chi connectivity index (χ3n) is 4.61. The summed E-state index contributed by atoms with van der Waals surface area (Å²) < 4.78 is 5.65. The number of hydrogen-bond acceptors (Lipinski definition) is 4. The molecule has 0 fully saturated rings. The highest BCUT2D eigenvalue weighted by molar-refractivity contribution is 6.41. The van der Waals surface area contributed by atoms with E-state index in [0.717, 1.165) is 0 Å². The molecule has 0 saturated heterocycles. The van der Waals surface area contributed by atoms with Gasteiger partial charge in [0, 0.05) is 27.4 Å². The summed E-state index contributed by atoms with van der Waals surface area (Å²) in [6.45, 7) is -0.231. The third-order valence-corrected chi connectivity index (χ3v) is 4.86. The van der Waals surface area contributed by atoms with Crippen LogP contribution in [-0.4, -0.2) is 24.1 Å². The number of anilines is 1. The van der Waals surface area contributed by atoms with Crippen LogP contribution >= 0.6 is 11.6 Å². The molecule has 1 amide bonds. The zero-order valence-electron chi connectivity index (χ0n) is 15.7. The second kappa shape index (κ2) is 8.35. The van der Waals surface area contributed by atoms with E-state index in [0.29, 0.717) is 33.1 Å². The molecule has 0 unspecified atom stereocenters. The number of ketones is 2. The summed E-state index contributed by atoms with van der Waals surface area (Å²) in [5.41, 5.74) is 2.02. The minimum absolute atomic E-state index is 0.0814. The molecule has 5 nitrogen and oxygen atoms in total. The number of hydrogen-bond donors (Lipinski definition) is 1. The van der Waals surface area contributed by atoms with E-state index < -0.39 is 0 Å². The lowest BCUT2D eigenvalue weighted by Crippen LogP contribution is -2.20. The average Bonchev–Trinajstić information content (AvgIpc) is 3.00. The monoisotopic (exact) mass is 417 g/mol. The van der Waals surface area contributed by atoms with Gasteiger partial charge >= 0.3 is 0 Å². The largest absolute Gasteiger partial charge is 0.483 e. The zero-order chi connectivity index (χ0) is 21.1. The number of allylic oxidation sites excluding steroid dienone is 1. The Bertz CT molecular complexity index is 1140. The van der Waals surface area contributed by atoms with Crippen LogP contribution in [0, 0.1) is 0 Å². The van der Waals surface area contributed by atoms with Gasteiger partial charge in [0.1, 0.15) is 5.75 Å². The maximum Gasteiger partial charge on any atom is 0.262 e. The number of carbonyl (C=O) groups excluding carboxylic acids is 3. The maximum absolute atomic E-state index is 12.6. The summed E-state index contributed by atoms with van der Waals surface area (Å²) in [5, 5.41) is 3.29. The van der Waals surface area contributed by atoms with Crippen LogP contribution in [0.2, 0.25) is 5.02 Å². The Hall–Kier alpha value is -3.70. The fraction of sp³-hybridized carbons (Fsp3) is 0.0417. The normalized spacial score (nSPS) is 12.5. The first-order valence-electron chi connectivity index (χ1n) is 9.20. The van der Waals surface area contributed by atoms with Crippen molar-refractivity contribution in [3.63, 3.8) is 0 Å². The predicted octanol–water partition coefficient (Wildman–Crippen LogP) is 4.82. The highest BCUT2D eigenvalue weighted by atomic mass is 35.5. The first-order valence-corrected chi connectivity index (χ1v) is 9.58. The van der Waals surface area contributed by atoms with Crippen LogP contribution in [0.5, 0.6) is 5.75 Å². The number of Topliss-reactive ketones (excluding diaryl/α,β-unsaturated/α-hetero) is 2. The summed E-state index contributed by atoms with van der Waals surface area (Å²) in [4.78, 5) is 37.4. The molecule has 0 aromatic heterocycles. The first-order chi connectivity index (χ1) is 14.5. The molecule has 1 N–H and O–H groups in total. The van der Waals surface area contributed by atoms with Crippen molar-refractivity contribution in [1.82, 2.24) is 0 Å². The standard InChI is InChI=1S/C24H16ClNO4/c25-16-9-11-17(12-10-16)26-22(27)14-30-21-8-4-1-5-15(21)13-20-23(28)18-6-2-3-7-19(18)24(20)29/h1-13H,14H2,(H,26,27). The number of carbonyl (C=O) groups is 3. The molecule has 0 spiro atoms. The number of halogens is 1. The SMILES string of the molecule is O=C(COc1ccccc1C=C1C(=O)c2ccccc2C1=O)Nc1ccc(Cl)cc1. The molecule has 0 radical (unpaired) electrons. The van der Waals surface area contributed by atoms with E-state index in [1.54, 1.807) is 72.8 Å². The van der Waals surface area contributed by atoms with E-state index in [2.05, 4.69) is 5.32 Å². The van der Waals surface area contributed by atoms with E-state index >= 15 is 0 Å². The van der Waals surface area contributed by atoms with Gasteiger partial charge in [-0.3, -0.25) is 14.4 Å². The predicted molar refractivity (Wildman–Crippen MR) is 115 cm³/mol. The second-order valence-corrected chi connectivity index (χ2v) is 7.08. The molecule has 3 aromatic rings. The van der Waals surface area contributed by atoms with Gasteiger partial charge in [-0.1, -0.05) is 54.1 Å². The number of para-hydroxylation sites is 1. The molecule has 4 rings (SSSR count). The van der Waals surface area contributed by atoms with Crippen LogP contribution in [0.25, 0.3) is 6.08 Å². The Morgan fingerprint density at radius 3 is 2.13 bits per heavy atom. The summed E-state index contributed by atoms with van der Waals surface area (Å²) in [6.07, 6.45) is 1.51. The highest BCUT2D eigenvalue weighted by Crippen LogP contribution is 2.30. The number of rotatable bonds is 5. The molecule has 1 aliphatic rings. The Kier molecular flexibility index (Phi) is 5.46. The number of nitrogens with one attached hydrogen (secondary N) is 1. The van der Waals surface area contributed by atoms with Crippen LogP contribution in [0.15, 0.2) is 78.4 Å². The van der Waals surface area contributed by atoms with Crippen LogP contribution in [0.1, 0.15) is 26.3 Å². The molecular weight excluding hydrogens is 402 g/mol. The molecule has 148 valence electrons. The van der Waals surface area contributed by atoms with Crippen molar-refractivity contribution in [3.05, 3.63) is 100 Å². The van der Waals surface area contributed by atoms with Crippen molar-refractivity contribution in [2.45, 2.75) is 0 Å². The van der Waals surface area contributed by atoms with Gasteiger partial charge in [-0.2, -0.15) is 0 Å². The molecule has 0 saturated carbocycles. The summed E-state index contributed by atoms with van der Waals surface area (Å²) in [6, 6.07) is 20.4. The van der Waals surface area contributed by atoms with E-state index in [4.69, 9.17) is 16.3 Å². The van der Waals surface area contributed by atoms with Gasteiger partial charge < -0.3 is 10.1 Å². The fourth-order valence-corrected chi connectivity index (χ4v) is 3.29. The lowest BCUT2D eigenvalue weighted by Gasteiger charge is -2.10. The Morgan fingerprint density at radius 2 is 1.47 bits per heavy atom. The maximum atomic E-state index is 12.6. The van der Waals surface area contributed by atoms with Crippen LogP contribution < -0.4 is 10.1 Å². The molecule has 6 heteroatoms. The van der Waals surface area contributed by atoms with Crippen molar-refractivity contribution >= 4 is 40.8 Å². The molecule has 3 aromatic carbocycles. The topological polar surface area (TPSA) is 72.5 Å². The van der Waals surface area contributed by atoms with Gasteiger partial charge in [0.15, 0.2) is 18.2 Å². The van der Waals surface area contributed by atoms with E-state index in [-0.39, 0.29) is 29.7 Å². The lowest BCUT2D eigenvalue weighted by molar-refractivity contribution is -0.118. The second-order valence-electron chi connectivity index (χ2n) is 6.64. The third kappa shape index (κ3) is 4.02. The number of fused-ring (bicyclic) bond motifs is 1. The van der Waals surface area contributed by atoms with E-state index in [1.165, 1.54) is 6.08 Å². The van der Waals surface area contributed by atoms with Gasteiger partial charge in [0.25, 0.3) is 5.91 Å². The zero-order valence-corrected chi connectivity index (χ0v) is 16.5. The Labute approximate surface area is 177 Å². The highest BCUT2D eigenvalue weighted by Gasteiger charge is 2.32.